The molecule has 2 heterocycles. The molecule has 0 atom stereocenters. The normalized spacial score (nSPS) is 14.3. The maximum Gasteiger partial charge on any atom is 0.239 e. The molecule has 0 radical (unpaired) electrons. The predicted octanol–water partition coefficient (Wildman–Crippen LogP) is 4.70. The van der Waals surface area contributed by atoms with Crippen LogP contribution in [0.1, 0.15) is 47.8 Å². The van der Waals surface area contributed by atoms with E-state index in [9.17, 15) is 18.4 Å². The van der Waals surface area contributed by atoms with E-state index >= 15 is 0 Å². The quantitative estimate of drug-likeness (QED) is 0.573. The van der Waals surface area contributed by atoms with Crippen molar-refractivity contribution in [2.75, 3.05) is 4.90 Å². The van der Waals surface area contributed by atoms with Crippen LogP contribution in [-0.4, -0.2) is 16.7 Å². The minimum absolute atomic E-state index is 0.0530. The molecule has 4 nitrogen and oxygen atoms in total. The van der Waals surface area contributed by atoms with Crippen LogP contribution in [0.15, 0.2) is 18.3 Å². The summed E-state index contributed by atoms with van der Waals surface area (Å²) in [4.78, 5) is 30.2. The summed E-state index contributed by atoms with van der Waals surface area (Å²) in [7, 11) is 0. The lowest BCUT2D eigenvalue weighted by Gasteiger charge is -2.32. The van der Waals surface area contributed by atoms with Gasteiger partial charge in [0.25, 0.3) is 0 Å². The first-order valence-corrected chi connectivity index (χ1v) is 8.11. The molecular formula is C18H15ClF2N2O2. The first kappa shape index (κ1) is 17.5. The molecule has 0 fully saturated rings. The van der Waals surface area contributed by atoms with Crippen molar-refractivity contribution in [2.45, 2.75) is 33.1 Å². The Labute approximate surface area is 148 Å². The standard InChI is InChI=1S/C18H15ClF2N2O2/c1-8(2)16-17(9(3)4-5-22-16)23-13(25)7-12(24)10-6-11(20)14(19)15(21)18(10)23/h4-6,8H,7H2,1-3H3. The molecule has 0 unspecified atom stereocenters. The first-order chi connectivity index (χ1) is 11.7. The van der Waals surface area contributed by atoms with E-state index in [0.29, 0.717) is 16.9 Å². The number of carbonyl (C=O) groups excluding carboxylic acids is 2. The molecule has 1 aliphatic heterocycles. The third-order valence-electron chi connectivity index (χ3n) is 4.15. The van der Waals surface area contributed by atoms with Gasteiger partial charge in [-0.15, -0.1) is 0 Å². The lowest BCUT2D eigenvalue weighted by atomic mass is 9.95. The van der Waals surface area contributed by atoms with Gasteiger partial charge in [0, 0.05) is 11.8 Å². The van der Waals surface area contributed by atoms with Crippen molar-refractivity contribution >= 4 is 34.7 Å². The number of carbonyl (C=O) groups is 2. The molecule has 3 rings (SSSR count). The van der Waals surface area contributed by atoms with Gasteiger partial charge in [-0.2, -0.15) is 0 Å². The average molecular weight is 365 g/mol. The summed E-state index contributed by atoms with van der Waals surface area (Å²) < 4.78 is 28.6. The smallest absolute Gasteiger partial charge is 0.239 e. The van der Waals surface area contributed by atoms with Crippen LogP contribution in [0.25, 0.3) is 0 Å². The fourth-order valence-corrected chi connectivity index (χ4v) is 3.12. The van der Waals surface area contributed by atoms with E-state index in [1.807, 2.05) is 13.8 Å². The molecule has 25 heavy (non-hydrogen) atoms. The van der Waals surface area contributed by atoms with Crippen molar-refractivity contribution in [2.24, 2.45) is 0 Å². The number of halogens is 3. The third-order valence-corrected chi connectivity index (χ3v) is 4.49. The molecule has 2 aromatic rings. The number of amides is 1. The minimum Gasteiger partial charge on any atom is -0.294 e. The summed E-state index contributed by atoms with van der Waals surface area (Å²) in [6, 6.07) is 2.57. The van der Waals surface area contributed by atoms with Crippen molar-refractivity contribution in [3.63, 3.8) is 0 Å². The van der Waals surface area contributed by atoms with Gasteiger partial charge >= 0.3 is 0 Å². The molecule has 0 saturated carbocycles. The molecule has 0 N–H and O–H groups in total. The van der Waals surface area contributed by atoms with E-state index in [4.69, 9.17) is 11.6 Å². The highest BCUT2D eigenvalue weighted by Gasteiger charge is 2.37. The van der Waals surface area contributed by atoms with Gasteiger partial charge in [0.1, 0.15) is 10.8 Å². The zero-order valence-electron chi connectivity index (χ0n) is 13.9. The highest BCUT2D eigenvalue weighted by Crippen LogP contribution is 2.43. The van der Waals surface area contributed by atoms with Crippen molar-refractivity contribution in [1.82, 2.24) is 4.98 Å². The van der Waals surface area contributed by atoms with E-state index in [1.165, 1.54) is 0 Å². The fourth-order valence-electron chi connectivity index (χ4n) is 2.97. The van der Waals surface area contributed by atoms with Crippen LogP contribution in [0.5, 0.6) is 0 Å². The zero-order valence-corrected chi connectivity index (χ0v) is 14.6. The summed E-state index contributed by atoms with van der Waals surface area (Å²) in [5, 5.41) is -0.751. The number of aryl methyl sites for hydroxylation is 1. The van der Waals surface area contributed by atoms with E-state index in [0.717, 1.165) is 11.0 Å². The molecule has 1 aliphatic rings. The van der Waals surface area contributed by atoms with Gasteiger partial charge in [0.15, 0.2) is 11.6 Å². The van der Waals surface area contributed by atoms with Crippen LogP contribution in [0, 0.1) is 18.6 Å². The Morgan fingerprint density at radius 3 is 2.56 bits per heavy atom. The summed E-state index contributed by atoms with van der Waals surface area (Å²) in [5.41, 5.74) is 1.15. The second-order valence-electron chi connectivity index (χ2n) is 6.23. The Kier molecular flexibility index (Phi) is 4.33. The molecule has 0 saturated heterocycles. The van der Waals surface area contributed by atoms with Crippen LogP contribution in [0.2, 0.25) is 5.02 Å². The number of Topliss-reactive ketones (excluding diaryl/α,β-unsaturated/α-hetero) is 1. The van der Waals surface area contributed by atoms with E-state index in [2.05, 4.69) is 4.98 Å². The van der Waals surface area contributed by atoms with E-state index < -0.39 is 34.8 Å². The van der Waals surface area contributed by atoms with Crippen molar-refractivity contribution in [3.05, 3.63) is 51.8 Å². The summed E-state index contributed by atoms with van der Waals surface area (Å²) in [5.74, 6) is -3.46. The number of pyridine rings is 1. The van der Waals surface area contributed by atoms with Gasteiger partial charge in [-0.1, -0.05) is 25.4 Å². The second kappa shape index (κ2) is 6.19. The number of rotatable bonds is 2. The van der Waals surface area contributed by atoms with Crippen molar-refractivity contribution in [1.29, 1.82) is 0 Å². The minimum atomic E-state index is -1.13. The first-order valence-electron chi connectivity index (χ1n) is 7.73. The number of fused-ring (bicyclic) bond motifs is 1. The molecule has 0 aliphatic carbocycles. The van der Waals surface area contributed by atoms with E-state index in [1.54, 1.807) is 19.2 Å². The predicted molar refractivity (Wildman–Crippen MR) is 90.5 cm³/mol. The Bertz CT molecular complexity index is 912. The SMILES string of the molecule is Cc1ccnc(C(C)C)c1N1C(=O)CC(=O)c2cc(F)c(Cl)c(F)c21. The van der Waals surface area contributed by atoms with Gasteiger partial charge in [0.05, 0.1) is 23.5 Å². The topological polar surface area (TPSA) is 50.3 Å². The zero-order chi connectivity index (χ0) is 18.5. The van der Waals surface area contributed by atoms with Crippen LogP contribution < -0.4 is 4.90 Å². The lowest BCUT2D eigenvalue weighted by molar-refractivity contribution is -0.117. The number of nitrogens with zero attached hydrogens (tertiary/aromatic N) is 2. The monoisotopic (exact) mass is 364 g/mol. The average Bonchev–Trinajstić information content (AvgIpc) is 2.54. The molecule has 7 heteroatoms. The molecule has 1 amide bonds. The number of hydrogen-bond donors (Lipinski definition) is 0. The van der Waals surface area contributed by atoms with Crippen LogP contribution in [0.4, 0.5) is 20.2 Å². The maximum absolute atomic E-state index is 14.8. The number of ketones is 1. The third kappa shape index (κ3) is 2.70. The van der Waals surface area contributed by atoms with E-state index in [-0.39, 0.29) is 17.2 Å². The van der Waals surface area contributed by atoms with Crippen LogP contribution >= 0.6 is 11.6 Å². The molecule has 1 aromatic heterocycles. The van der Waals surface area contributed by atoms with Gasteiger partial charge in [-0.05, 0) is 30.5 Å². The van der Waals surface area contributed by atoms with Crippen LogP contribution in [0.3, 0.4) is 0 Å². The van der Waals surface area contributed by atoms with Crippen molar-refractivity contribution < 1.29 is 18.4 Å². The Hall–Kier alpha value is -2.34. The molecule has 1 aromatic carbocycles. The molecule has 130 valence electrons. The number of anilines is 2. The number of aromatic nitrogens is 1. The summed E-state index contributed by atoms with van der Waals surface area (Å²) in [6.45, 7) is 5.54. The summed E-state index contributed by atoms with van der Waals surface area (Å²) >= 11 is 5.69. The number of hydrogen-bond acceptors (Lipinski definition) is 3. The molecule has 0 bridgehead atoms. The van der Waals surface area contributed by atoms with Crippen LogP contribution in [-0.2, 0) is 4.79 Å². The highest BCUT2D eigenvalue weighted by molar-refractivity contribution is 6.32. The second-order valence-corrected chi connectivity index (χ2v) is 6.61. The van der Waals surface area contributed by atoms with Gasteiger partial charge in [0.2, 0.25) is 5.91 Å². The molecule has 0 spiro atoms. The lowest BCUT2D eigenvalue weighted by Crippen LogP contribution is -2.36. The highest BCUT2D eigenvalue weighted by atomic mass is 35.5. The summed E-state index contributed by atoms with van der Waals surface area (Å²) in [6.07, 6.45) is 1.13. The van der Waals surface area contributed by atoms with Gasteiger partial charge in [-0.3, -0.25) is 19.5 Å². The molecular weight excluding hydrogens is 350 g/mol. The Morgan fingerprint density at radius 1 is 1.24 bits per heavy atom. The largest absolute Gasteiger partial charge is 0.294 e. The fraction of sp³-hybridized carbons (Fsp3) is 0.278. The number of benzene rings is 1. The Balaban J connectivity index is 2.38. The van der Waals surface area contributed by atoms with Gasteiger partial charge in [-0.25, -0.2) is 8.78 Å². The Morgan fingerprint density at radius 2 is 1.92 bits per heavy atom. The maximum atomic E-state index is 14.8. The van der Waals surface area contributed by atoms with Crippen molar-refractivity contribution in [3.8, 4) is 0 Å². The van der Waals surface area contributed by atoms with Gasteiger partial charge < -0.3 is 0 Å².